The zero-order valence-electron chi connectivity index (χ0n) is 20.7. The number of carbonyl (C=O) groups excluding carboxylic acids is 2. The number of hydrogen-bond donors (Lipinski definition) is 3. The van der Waals surface area contributed by atoms with Gasteiger partial charge in [-0.15, -0.1) is 4.73 Å². The van der Waals surface area contributed by atoms with E-state index in [0.717, 1.165) is 12.1 Å². The standard InChI is InChI=1S/C25H24FN5O7S/c1-13-30-17-12-18(15(26)11-14(17)22(34)21(25(36)37)24(30)39-13)28-7-9-29(10-8-28)19(32)5-6-27-23(35)16-3-2-4-20(33)31(16)38/h2-4,11-13,38H,5-10H2,1H3,(H,27,35)(H,36,37). The molecule has 1 unspecified atom stereocenters. The topological polar surface area (TPSA) is 154 Å². The molecule has 1 atom stereocenters. The maximum Gasteiger partial charge on any atom is 0.342 e. The fourth-order valence-electron chi connectivity index (χ4n) is 4.85. The molecule has 3 N–H and O–H groups in total. The summed E-state index contributed by atoms with van der Waals surface area (Å²) in [7, 11) is 0. The van der Waals surface area contributed by atoms with Crippen LogP contribution in [0, 0.1) is 5.82 Å². The zero-order valence-corrected chi connectivity index (χ0v) is 21.5. The Kier molecular flexibility index (Phi) is 6.80. The fourth-order valence-corrected chi connectivity index (χ4v) is 6.00. The van der Waals surface area contributed by atoms with E-state index in [4.69, 9.17) is 0 Å². The number of thioether (sulfide) groups is 1. The van der Waals surface area contributed by atoms with Crippen LogP contribution in [0.1, 0.15) is 39.6 Å². The predicted molar refractivity (Wildman–Crippen MR) is 139 cm³/mol. The number of nitrogens with zero attached hydrogens (tertiary/aromatic N) is 4. The maximum absolute atomic E-state index is 15.2. The SMILES string of the molecule is CC1Sc2c(C(=O)O)c(=O)c3cc(F)c(N4CCN(C(=O)CCNC(=O)c5cccc(=O)n5O)CC4)cc3n21. The molecule has 4 heterocycles. The Bertz CT molecular complexity index is 1640. The fraction of sp³-hybridized carbons (Fsp3) is 0.320. The number of hydrogen-bond acceptors (Lipinski definition) is 8. The Labute approximate surface area is 224 Å². The molecule has 2 aliphatic rings. The molecule has 39 heavy (non-hydrogen) atoms. The largest absolute Gasteiger partial charge is 0.477 e. The third kappa shape index (κ3) is 4.60. The molecule has 204 valence electrons. The second-order valence-electron chi connectivity index (χ2n) is 9.16. The number of benzene rings is 1. The molecule has 2 amide bonds. The molecular formula is C25H24FN5O7S. The van der Waals surface area contributed by atoms with Crippen LogP contribution in [-0.4, -0.2) is 75.0 Å². The molecule has 0 aliphatic carbocycles. The number of pyridine rings is 2. The number of carboxylic acid groups (broad SMARTS) is 1. The average Bonchev–Trinajstić information content (AvgIpc) is 2.89. The van der Waals surface area contributed by atoms with Gasteiger partial charge in [-0.2, -0.15) is 0 Å². The van der Waals surface area contributed by atoms with Gasteiger partial charge in [0.2, 0.25) is 11.3 Å². The Balaban J connectivity index is 1.24. The van der Waals surface area contributed by atoms with Crippen molar-refractivity contribution < 1.29 is 29.1 Å². The van der Waals surface area contributed by atoms with E-state index in [9.17, 15) is 34.3 Å². The van der Waals surface area contributed by atoms with E-state index in [1.54, 1.807) is 20.4 Å². The molecule has 3 aromatic rings. The van der Waals surface area contributed by atoms with Crippen molar-refractivity contribution in [3.05, 3.63) is 68.0 Å². The van der Waals surface area contributed by atoms with Crippen LogP contribution >= 0.6 is 11.8 Å². The summed E-state index contributed by atoms with van der Waals surface area (Å²) in [5.41, 5.74) is -1.34. The van der Waals surface area contributed by atoms with Crippen LogP contribution in [0.3, 0.4) is 0 Å². The van der Waals surface area contributed by atoms with Gasteiger partial charge < -0.3 is 30.0 Å². The lowest BCUT2D eigenvalue weighted by Gasteiger charge is -2.37. The number of fused-ring (bicyclic) bond motifs is 3. The molecule has 1 saturated heterocycles. The number of anilines is 1. The van der Waals surface area contributed by atoms with Gasteiger partial charge in [0, 0.05) is 50.6 Å². The van der Waals surface area contributed by atoms with Gasteiger partial charge in [0.15, 0.2) is 0 Å². The molecule has 14 heteroatoms. The molecule has 0 saturated carbocycles. The maximum atomic E-state index is 15.2. The van der Waals surface area contributed by atoms with E-state index < -0.39 is 28.7 Å². The number of aromatic nitrogens is 2. The molecular weight excluding hydrogens is 533 g/mol. The third-order valence-corrected chi connectivity index (χ3v) is 8.02. The quantitative estimate of drug-likeness (QED) is 0.381. The molecule has 2 aliphatic heterocycles. The summed E-state index contributed by atoms with van der Waals surface area (Å²) >= 11 is 1.27. The van der Waals surface area contributed by atoms with Gasteiger partial charge in [-0.3, -0.25) is 19.2 Å². The van der Waals surface area contributed by atoms with Crippen LogP contribution in [0.5, 0.6) is 0 Å². The van der Waals surface area contributed by atoms with E-state index in [1.165, 1.54) is 23.9 Å². The minimum atomic E-state index is -1.34. The summed E-state index contributed by atoms with van der Waals surface area (Å²) < 4.78 is 17.1. The summed E-state index contributed by atoms with van der Waals surface area (Å²) in [5, 5.41) is 21.9. The Morgan fingerprint density at radius 1 is 1.13 bits per heavy atom. The van der Waals surface area contributed by atoms with Crippen LogP contribution in [0.4, 0.5) is 10.1 Å². The van der Waals surface area contributed by atoms with Crippen LogP contribution < -0.4 is 21.2 Å². The second-order valence-corrected chi connectivity index (χ2v) is 10.5. The number of rotatable bonds is 6. The molecule has 12 nitrogen and oxygen atoms in total. The van der Waals surface area contributed by atoms with Gasteiger partial charge in [-0.25, -0.2) is 9.18 Å². The van der Waals surface area contributed by atoms with Crippen molar-refractivity contribution in [2.45, 2.75) is 23.7 Å². The van der Waals surface area contributed by atoms with Crippen molar-refractivity contribution in [2.24, 2.45) is 0 Å². The number of carbonyl (C=O) groups is 3. The monoisotopic (exact) mass is 557 g/mol. The van der Waals surface area contributed by atoms with Gasteiger partial charge in [0.1, 0.15) is 17.1 Å². The van der Waals surface area contributed by atoms with Gasteiger partial charge in [0.05, 0.1) is 21.6 Å². The second kappa shape index (κ2) is 10.1. The van der Waals surface area contributed by atoms with Crippen LogP contribution in [0.2, 0.25) is 0 Å². The highest BCUT2D eigenvalue weighted by Crippen LogP contribution is 2.46. The molecule has 1 fully saturated rings. The molecule has 5 rings (SSSR count). The first-order chi connectivity index (χ1) is 18.6. The third-order valence-electron chi connectivity index (χ3n) is 6.85. The molecule has 1 aromatic carbocycles. The van der Waals surface area contributed by atoms with E-state index in [2.05, 4.69) is 5.32 Å². The predicted octanol–water partition coefficient (Wildman–Crippen LogP) is 1.33. The van der Waals surface area contributed by atoms with Gasteiger partial charge in [0.25, 0.3) is 11.5 Å². The summed E-state index contributed by atoms with van der Waals surface area (Å²) in [6, 6.07) is 6.36. The van der Waals surface area contributed by atoms with E-state index in [1.807, 2.05) is 6.92 Å². The first-order valence-electron chi connectivity index (χ1n) is 12.1. The highest BCUT2D eigenvalue weighted by Gasteiger charge is 2.33. The number of amides is 2. The van der Waals surface area contributed by atoms with E-state index in [-0.39, 0.29) is 51.3 Å². The van der Waals surface area contributed by atoms with Crippen molar-refractivity contribution in [2.75, 3.05) is 37.6 Å². The summed E-state index contributed by atoms with van der Waals surface area (Å²) in [6.07, 6.45) is -0.00487. The lowest BCUT2D eigenvalue weighted by Crippen LogP contribution is -2.49. The van der Waals surface area contributed by atoms with Crippen molar-refractivity contribution in [3.63, 3.8) is 0 Å². The molecule has 2 aromatic heterocycles. The van der Waals surface area contributed by atoms with E-state index >= 15 is 4.39 Å². The van der Waals surface area contributed by atoms with Gasteiger partial charge in [-0.05, 0) is 25.1 Å². The lowest BCUT2D eigenvalue weighted by atomic mass is 10.1. The molecule has 0 spiro atoms. The highest BCUT2D eigenvalue weighted by molar-refractivity contribution is 8.00. The number of nitrogens with one attached hydrogen (secondary N) is 1. The molecule has 0 bridgehead atoms. The minimum absolute atomic E-state index is 0.00487. The highest BCUT2D eigenvalue weighted by atomic mass is 32.2. The number of aromatic carboxylic acids is 1. The molecule has 0 radical (unpaired) electrons. The normalized spacial score (nSPS) is 16.5. The van der Waals surface area contributed by atoms with E-state index in [0.29, 0.717) is 36.7 Å². The Morgan fingerprint density at radius 3 is 2.51 bits per heavy atom. The summed E-state index contributed by atoms with van der Waals surface area (Å²) in [5.74, 6) is -2.91. The zero-order chi connectivity index (χ0) is 28.0. The smallest absolute Gasteiger partial charge is 0.342 e. The first-order valence-corrected chi connectivity index (χ1v) is 13.0. The van der Waals surface area contributed by atoms with Gasteiger partial charge >= 0.3 is 5.97 Å². The number of carboxylic acids is 1. The minimum Gasteiger partial charge on any atom is -0.477 e. The van der Waals surface area contributed by atoms with Crippen molar-refractivity contribution in [1.82, 2.24) is 19.5 Å². The van der Waals surface area contributed by atoms with Crippen LogP contribution in [0.25, 0.3) is 10.9 Å². The Morgan fingerprint density at radius 2 is 1.85 bits per heavy atom. The van der Waals surface area contributed by atoms with Gasteiger partial charge in [-0.1, -0.05) is 17.8 Å². The number of piperazine rings is 1. The first kappa shape index (κ1) is 26.3. The summed E-state index contributed by atoms with van der Waals surface area (Å²) in [4.78, 5) is 64.1. The van der Waals surface area contributed by atoms with Crippen molar-refractivity contribution >= 4 is 46.1 Å². The Hall–Kier alpha value is -4.33. The van der Waals surface area contributed by atoms with Crippen LogP contribution in [0.15, 0.2) is 44.9 Å². The lowest BCUT2D eigenvalue weighted by molar-refractivity contribution is -0.131. The average molecular weight is 558 g/mol. The van der Waals surface area contributed by atoms with Crippen molar-refractivity contribution in [3.8, 4) is 0 Å². The summed E-state index contributed by atoms with van der Waals surface area (Å²) in [6.45, 7) is 3.13. The number of halogens is 1. The van der Waals surface area contributed by atoms with Crippen molar-refractivity contribution in [1.29, 1.82) is 0 Å². The van der Waals surface area contributed by atoms with Crippen LogP contribution in [-0.2, 0) is 4.79 Å².